The van der Waals surface area contributed by atoms with Crippen molar-refractivity contribution in [2.24, 2.45) is 0 Å². The Morgan fingerprint density at radius 1 is 0.947 bits per heavy atom. The number of hydrogen-bond acceptors (Lipinski definition) is 2. The van der Waals surface area contributed by atoms with E-state index in [0.717, 1.165) is 0 Å². The highest BCUT2D eigenvalue weighted by molar-refractivity contribution is 7.25. The molecule has 1 nitrogen and oxygen atoms in total. The Hall–Kier alpha value is -2.19. The maximum atomic E-state index is 4.10. The summed E-state index contributed by atoms with van der Waals surface area (Å²) in [6.45, 7) is 0. The van der Waals surface area contributed by atoms with Gasteiger partial charge in [0.05, 0.1) is 0 Å². The van der Waals surface area contributed by atoms with Crippen molar-refractivity contribution in [1.29, 1.82) is 0 Å². The van der Waals surface area contributed by atoms with Crippen LogP contribution < -0.4 is 0 Å². The monoisotopic (exact) mass is 260 g/mol. The Balaban J connectivity index is 2.17. The van der Waals surface area contributed by atoms with Gasteiger partial charge in [0, 0.05) is 32.6 Å². The van der Waals surface area contributed by atoms with E-state index in [2.05, 4.69) is 53.5 Å². The van der Waals surface area contributed by atoms with Crippen LogP contribution in [0.5, 0.6) is 0 Å². The van der Waals surface area contributed by atoms with Crippen molar-refractivity contribution in [3.63, 3.8) is 0 Å². The van der Waals surface area contributed by atoms with Crippen LogP contribution >= 0.6 is 11.3 Å². The van der Waals surface area contributed by atoms with Crippen LogP contribution in [-0.4, -0.2) is 4.98 Å². The number of rotatable bonds is 1. The van der Waals surface area contributed by atoms with Gasteiger partial charge in [-0.1, -0.05) is 18.2 Å². The fourth-order valence-corrected chi connectivity index (χ4v) is 3.60. The first-order valence-electron chi connectivity index (χ1n) is 6.15. The summed E-state index contributed by atoms with van der Waals surface area (Å²) in [5.41, 5.74) is 2.48. The van der Waals surface area contributed by atoms with Gasteiger partial charge in [0.2, 0.25) is 0 Å². The Morgan fingerprint density at radius 2 is 1.84 bits per heavy atom. The zero-order valence-electron chi connectivity index (χ0n) is 10.1. The fraction of sp³-hybridized carbons (Fsp3) is 0. The van der Waals surface area contributed by atoms with Crippen molar-refractivity contribution >= 4 is 31.5 Å². The van der Waals surface area contributed by atoms with E-state index in [-0.39, 0.29) is 0 Å². The Morgan fingerprint density at radius 3 is 2.74 bits per heavy atom. The molecule has 0 bridgehead atoms. The molecule has 0 aliphatic rings. The summed E-state index contributed by atoms with van der Waals surface area (Å²) < 4.78 is 2.64. The van der Waals surface area contributed by atoms with Crippen molar-refractivity contribution < 1.29 is 0 Å². The van der Waals surface area contributed by atoms with Crippen LogP contribution in [0.2, 0.25) is 0 Å². The molecule has 4 rings (SSSR count). The van der Waals surface area contributed by atoms with Gasteiger partial charge in [0.1, 0.15) is 0 Å². The third kappa shape index (κ3) is 1.65. The topological polar surface area (TPSA) is 12.9 Å². The number of aromatic nitrogens is 1. The minimum atomic E-state index is 1.21. The van der Waals surface area contributed by atoms with Gasteiger partial charge in [-0.15, -0.1) is 11.3 Å². The SMILES string of the molecule is [c]1ccc2sc3cccc(-c4ccncc4)c3c2c1. The lowest BCUT2D eigenvalue weighted by Gasteiger charge is -2.03. The van der Waals surface area contributed by atoms with Gasteiger partial charge >= 0.3 is 0 Å². The smallest absolute Gasteiger partial charge is 0.0361 e. The van der Waals surface area contributed by atoms with Crippen molar-refractivity contribution in [3.05, 3.63) is 67.0 Å². The standard InChI is InChI=1S/C17H10NS/c1-2-6-15-14(4-1)17-13(5-3-7-16(17)19-15)12-8-10-18-11-9-12/h2-11H. The molecule has 0 aliphatic carbocycles. The fourth-order valence-electron chi connectivity index (χ4n) is 2.49. The van der Waals surface area contributed by atoms with Crippen LogP contribution in [0.4, 0.5) is 0 Å². The van der Waals surface area contributed by atoms with E-state index in [4.69, 9.17) is 0 Å². The molecule has 2 aromatic carbocycles. The number of nitrogens with zero attached hydrogens (tertiary/aromatic N) is 1. The van der Waals surface area contributed by atoms with Crippen LogP contribution in [0, 0.1) is 6.07 Å². The largest absolute Gasteiger partial charge is 0.265 e. The molecular weight excluding hydrogens is 250 g/mol. The molecule has 0 amide bonds. The molecule has 0 atom stereocenters. The van der Waals surface area contributed by atoms with Crippen molar-refractivity contribution in [1.82, 2.24) is 4.98 Å². The van der Waals surface area contributed by atoms with Crippen LogP contribution in [0.3, 0.4) is 0 Å². The Kier molecular flexibility index (Phi) is 2.35. The number of pyridine rings is 1. The lowest BCUT2D eigenvalue weighted by atomic mass is 10.0. The summed E-state index contributed by atoms with van der Waals surface area (Å²) in [5.74, 6) is 0. The highest BCUT2D eigenvalue weighted by Crippen LogP contribution is 2.39. The lowest BCUT2D eigenvalue weighted by molar-refractivity contribution is 1.33. The molecule has 0 fully saturated rings. The molecule has 0 unspecified atom stereocenters. The highest BCUT2D eigenvalue weighted by Gasteiger charge is 2.09. The second kappa shape index (κ2) is 4.18. The number of hydrogen-bond donors (Lipinski definition) is 0. The first-order valence-corrected chi connectivity index (χ1v) is 6.97. The summed E-state index contributed by atoms with van der Waals surface area (Å²) >= 11 is 1.83. The summed E-state index contributed by atoms with van der Waals surface area (Å²) in [7, 11) is 0. The van der Waals surface area contributed by atoms with E-state index in [1.165, 1.54) is 31.3 Å². The average molecular weight is 260 g/mol. The maximum Gasteiger partial charge on any atom is 0.0361 e. The summed E-state index contributed by atoms with van der Waals surface area (Å²) in [6.07, 6.45) is 3.68. The average Bonchev–Trinajstić information content (AvgIpc) is 2.86. The van der Waals surface area contributed by atoms with Gasteiger partial charge < -0.3 is 0 Å². The van der Waals surface area contributed by atoms with Gasteiger partial charge in [-0.3, -0.25) is 4.98 Å². The van der Waals surface area contributed by atoms with Gasteiger partial charge in [-0.05, 0) is 47.5 Å². The summed E-state index contributed by atoms with van der Waals surface area (Å²) in [6, 6.07) is 20.0. The van der Waals surface area contributed by atoms with E-state index in [0.29, 0.717) is 0 Å². The van der Waals surface area contributed by atoms with Crippen molar-refractivity contribution in [2.45, 2.75) is 0 Å². The van der Waals surface area contributed by atoms with Crippen LogP contribution in [-0.2, 0) is 0 Å². The van der Waals surface area contributed by atoms with E-state index in [1.807, 2.05) is 29.8 Å². The molecule has 4 aromatic rings. The van der Waals surface area contributed by atoms with E-state index in [1.54, 1.807) is 0 Å². The molecular formula is C17H10NS. The molecule has 89 valence electrons. The minimum Gasteiger partial charge on any atom is -0.265 e. The molecule has 2 heteroatoms. The van der Waals surface area contributed by atoms with Gasteiger partial charge in [0.25, 0.3) is 0 Å². The number of benzene rings is 2. The predicted octanol–water partition coefficient (Wildman–Crippen LogP) is 4.92. The molecule has 1 radical (unpaired) electrons. The molecule has 0 spiro atoms. The summed E-state index contributed by atoms with van der Waals surface area (Å²) in [4.78, 5) is 4.10. The molecule has 19 heavy (non-hydrogen) atoms. The molecule has 2 aromatic heterocycles. The second-order valence-corrected chi connectivity index (χ2v) is 5.52. The maximum absolute atomic E-state index is 4.10. The number of thiophene rings is 1. The second-order valence-electron chi connectivity index (χ2n) is 4.44. The molecule has 2 heterocycles. The normalized spacial score (nSPS) is 11.2. The molecule has 0 saturated carbocycles. The zero-order chi connectivity index (χ0) is 12.7. The van der Waals surface area contributed by atoms with Gasteiger partial charge in [0.15, 0.2) is 0 Å². The Bertz CT molecular complexity index is 862. The zero-order valence-corrected chi connectivity index (χ0v) is 10.9. The van der Waals surface area contributed by atoms with E-state index < -0.39 is 0 Å². The lowest BCUT2D eigenvalue weighted by Crippen LogP contribution is -1.79. The quantitative estimate of drug-likeness (QED) is 0.473. The molecule has 0 N–H and O–H groups in total. The Labute approximate surface area is 115 Å². The first-order chi connectivity index (χ1) is 9.43. The van der Waals surface area contributed by atoms with Crippen molar-refractivity contribution in [3.8, 4) is 11.1 Å². The predicted molar refractivity (Wildman–Crippen MR) is 81.4 cm³/mol. The molecule has 0 saturated heterocycles. The van der Waals surface area contributed by atoms with Crippen LogP contribution in [0.1, 0.15) is 0 Å². The van der Waals surface area contributed by atoms with Crippen molar-refractivity contribution in [2.75, 3.05) is 0 Å². The highest BCUT2D eigenvalue weighted by atomic mass is 32.1. The third-order valence-electron chi connectivity index (χ3n) is 3.33. The first kappa shape index (κ1) is 10.7. The van der Waals surface area contributed by atoms with E-state index >= 15 is 0 Å². The minimum absolute atomic E-state index is 1.21. The molecule has 0 aliphatic heterocycles. The van der Waals surface area contributed by atoms with Gasteiger partial charge in [-0.25, -0.2) is 0 Å². The van der Waals surface area contributed by atoms with Gasteiger partial charge in [-0.2, -0.15) is 0 Å². The third-order valence-corrected chi connectivity index (χ3v) is 4.47. The van der Waals surface area contributed by atoms with Crippen LogP contribution in [0.25, 0.3) is 31.3 Å². The number of fused-ring (bicyclic) bond motifs is 3. The van der Waals surface area contributed by atoms with Crippen LogP contribution in [0.15, 0.2) is 60.9 Å². The van der Waals surface area contributed by atoms with E-state index in [9.17, 15) is 0 Å². The summed E-state index contributed by atoms with van der Waals surface area (Å²) in [5, 5.41) is 2.61.